The molecule has 1 aromatic heterocycles. The van der Waals surface area contributed by atoms with Crippen molar-refractivity contribution < 1.29 is 23.6 Å². The minimum Gasteiger partial charge on any atom is -0.507 e. The van der Waals surface area contributed by atoms with E-state index in [2.05, 4.69) is 21.1 Å². The maximum absolute atomic E-state index is 14.9. The first kappa shape index (κ1) is 22.0. The van der Waals surface area contributed by atoms with Crippen LogP contribution >= 0.6 is 15.9 Å². The number of carbonyl (C=O) groups is 2. The molecule has 32 heavy (non-hydrogen) atoms. The summed E-state index contributed by atoms with van der Waals surface area (Å²) in [5, 5.41) is 15.0. The lowest BCUT2D eigenvalue weighted by molar-refractivity contribution is -0.132. The monoisotopic (exact) mass is 498 g/mol. The van der Waals surface area contributed by atoms with Gasteiger partial charge in [0.1, 0.15) is 17.3 Å². The second-order valence-electron chi connectivity index (χ2n) is 8.50. The number of rotatable bonds is 3. The summed E-state index contributed by atoms with van der Waals surface area (Å²) in [6.45, 7) is 5.73. The summed E-state index contributed by atoms with van der Waals surface area (Å²) in [5.74, 6) is -2.31. The Bertz CT molecular complexity index is 1240. The van der Waals surface area contributed by atoms with Gasteiger partial charge in [-0.2, -0.15) is 0 Å². The third-order valence-electron chi connectivity index (χ3n) is 5.25. The first-order chi connectivity index (χ1) is 15.1. The Labute approximate surface area is 192 Å². The number of aromatic nitrogens is 1. The molecule has 4 rings (SSSR count). The molecular weight excluding hydrogens is 479 g/mol. The highest BCUT2D eigenvalue weighted by Gasteiger charge is 2.49. The Balaban J connectivity index is 1.94. The van der Waals surface area contributed by atoms with Gasteiger partial charge < -0.3 is 9.63 Å². The Hall–Kier alpha value is -3.26. The van der Waals surface area contributed by atoms with Crippen LogP contribution in [0.3, 0.4) is 0 Å². The third-order valence-corrected chi connectivity index (χ3v) is 5.77. The fourth-order valence-corrected chi connectivity index (χ4v) is 3.82. The molecule has 1 fully saturated rings. The van der Waals surface area contributed by atoms with E-state index in [0.29, 0.717) is 11.3 Å². The molecule has 0 saturated carbocycles. The van der Waals surface area contributed by atoms with Gasteiger partial charge in [-0.1, -0.05) is 72.2 Å². The van der Waals surface area contributed by atoms with Crippen LogP contribution in [0.4, 0.5) is 10.2 Å². The van der Waals surface area contributed by atoms with E-state index in [1.165, 1.54) is 18.2 Å². The number of ketones is 1. The Kier molecular flexibility index (Phi) is 5.50. The Morgan fingerprint density at radius 1 is 1.12 bits per heavy atom. The van der Waals surface area contributed by atoms with Crippen LogP contribution in [0.1, 0.15) is 43.7 Å². The topological polar surface area (TPSA) is 83.6 Å². The van der Waals surface area contributed by atoms with Gasteiger partial charge in [-0.05, 0) is 18.2 Å². The zero-order valence-electron chi connectivity index (χ0n) is 17.6. The summed E-state index contributed by atoms with van der Waals surface area (Å²) in [5.41, 5.74) is -0.236. The van der Waals surface area contributed by atoms with Gasteiger partial charge in [-0.3, -0.25) is 14.5 Å². The van der Waals surface area contributed by atoms with Crippen LogP contribution in [0, 0.1) is 5.82 Å². The number of aliphatic hydroxyl groups is 1. The number of Topliss-reactive ketones (excluding diaryl/α,β-unsaturated/α-hetero) is 1. The van der Waals surface area contributed by atoms with Crippen LogP contribution in [0.5, 0.6) is 0 Å². The fraction of sp³-hybridized carbons (Fsp3) is 0.208. The quantitative estimate of drug-likeness (QED) is 0.292. The molecule has 1 aliphatic rings. The SMILES string of the molecule is CC(C)(C)c1cc(N2C(=O)C(=O)/C(=C(/O)c3ccc(Br)cc3)[C@@H]2c2ccccc2F)no1. The number of carbonyl (C=O) groups excluding carboxylic acids is 2. The van der Waals surface area contributed by atoms with Crippen molar-refractivity contribution in [2.24, 2.45) is 0 Å². The molecule has 0 unspecified atom stereocenters. The molecule has 1 aliphatic heterocycles. The molecule has 1 amide bonds. The van der Waals surface area contributed by atoms with Crippen molar-refractivity contribution in [3.8, 4) is 0 Å². The molecule has 0 radical (unpaired) electrons. The van der Waals surface area contributed by atoms with E-state index >= 15 is 0 Å². The number of hydrogen-bond acceptors (Lipinski definition) is 5. The summed E-state index contributed by atoms with van der Waals surface area (Å²) in [6.07, 6.45) is 0. The third kappa shape index (κ3) is 3.75. The van der Waals surface area contributed by atoms with E-state index < -0.39 is 34.7 Å². The molecule has 8 heteroatoms. The van der Waals surface area contributed by atoms with Crippen LogP contribution in [-0.4, -0.2) is 22.0 Å². The van der Waals surface area contributed by atoms with Crippen molar-refractivity contribution in [2.75, 3.05) is 4.90 Å². The molecule has 2 aromatic carbocycles. The summed E-state index contributed by atoms with van der Waals surface area (Å²) < 4.78 is 21.0. The minimum absolute atomic E-state index is 0.0608. The predicted molar refractivity (Wildman–Crippen MR) is 121 cm³/mol. The smallest absolute Gasteiger partial charge is 0.301 e. The molecule has 0 aliphatic carbocycles. The average Bonchev–Trinajstić information content (AvgIpc) is 3.32. The number of nitrogens with zero attached hydrogens (tertiary/aromatic N) is 2. The predicted octanol–water partition coefficient (Wildman–Crippen LogP) is 5.50. The second kappa shape index (κ2) is 8.02. The summed E-state index contributed by atoms with van der Waals surface area (Å²) in [7, 11) is 0. The Morgan fingerprint density at radius 3 is 2.38 bits per heavy atom. The first-order valence-corrected chi connectivity index (χ1v) is 10.7. The molecular formula is C24H20BrFN2O4. The minimum atomic E-state index is -1.21. The lowest BCUT2D eigenvalue weighted by Crippen LogP contribution is -2.30. The Morgan fingerprint density at radius 2 is 1.78 bits per heavy atom. The lowest BCUT2D eigenvalue weighted by atomic mass is 9.93. The number of benzene rings is 2. The summed E-state index contributed by atoms with van der Waals surface area (Å²) >= 11 is 3.32. The highest BCUT2D eigenvalue weighted by atomic mass is 79.9. The number of anilines is 1. The van der Waals surface area contributed by atoms with Crippen molar-refractivity contribution in [1.82, 2.24) is 5.16 Å². The van der Waals surface area contributed by atoms with Gasteiger partial charge in [0.2, 0.25) is 0 Å². The van der Waals surface area contributed by atoms with E-state index in [1.807, 2.05) is 20.8 Å². The second-order valence-corrected chi connectivity index (χ2v) is 9.41. The molecule has 1 saturated heterocycles. The fourth-order valence-electron chi connectivity index (χ4n) is 3.56. The van der Waals surface area contributed by atoms with Crippen molar-refractivity contribution in [3.63, 3.8) is 0 Å². The molecule has 1 N–H and O–H groups in total. The standard InChI is InChI=1S/C24H20BrFN2O4/c1-24(2,3)17-12-18(27-32-17)28-20(15-6-4-5-7-16(15)26)19(22(30)23(28)31)21(29)13-8-10-14(25)11-9-13/h4-12,20,29H,1-3H3/b21-19+/t20-/m0/s1. The van der Waals surface area contributed by atoms with Crippen LogP contribution in [0.15, 0.2) is 69.2 Å². The van der Waals surface area contributed by atoms with Crippen molar-refractivity contribution in [1.29, 1.82) is 0 Å². The average molecular weight is 499 g/mol. The van der Waals surface area contributed by atoms with Crippen LogP contribution in [0.25, 0.3) is 5.76 Å². The van der Waals surface area contributed by atoms with Crippen molar-refractivity contribution in [2.45, 2.75) is 32.2 Å². The maximum Gasteiger partial charge on any atom is 0.301 e. The molecule has 164 valence electrons. The highest BCUT2D eigenvalue weighted by Crippen LogP contribution is 2.43. The highest BCUT2D eigenvalue weighted by molar-refractivity contribution is 9.10. The first-order valence-electron chi connectivity index (χ1n) is 9.88. The molecule has 6 nitrogen and oxygen atoms in total. The van der Waals surface area contributed by atoms with E-state index in [1.54, 1.807) is 36.4 Å². The van der Waals surface area contributed by atoms with E-state index in [0.717, 1.165) is 9.37 Å². The molecule has 0 spiro atoms. The van der Waals surface area contributed by atoms with Gasteiger partial charge in [0, 0.05) is 27.1 Å². The molecule has 1 atom stereocenters. The number of amides is 1. The summed E-state index contributed by atoms with van der Waals surface area (Å²) in [4.78, 5) is 27.2. The number of hydrogen-bond donors (Lipinski definition) is 1. The van der Waals surface area contributed by atoms with Gasteiger partial charge in [-0.25, -0.2) is 4.39 Å². The van der Waals surface area contributed by atoms with Gasteiger partial charge >= 0.3 is 5.91 Å². The van der Waals surface area contributed by atoms with Gasteiger partial charge in [0.25, 0.3) is 5.78 Å². The summed E-state index contributed by atoms with van der Waals surface area (Å²) in [6, 6.07) is 12.7. The molecule has 2 heterocycles. The zero-order valence-corrected chi connectivity index (χ0v) is 19.2. The number of halogens is 2. The lowest BCUT2D eigenvalue weighted by Gasteiger charge is -2.23. The molecule has 3 aromatic rings. The van der Waals surface area contributed by atoms with E-state index in [-0.39, 0.29) is 17.0 Å². The van der Waals surface area contributed by atoms with E-state index in [9.17, 15) is 19.1 Å². The van der Waals surface area contributed by atoms with Gasteiger partial charge in [0.15, 0.2) is 5.82 Å². The van der Waals surface area contributed by atoms with E-state index in [4.69, 9.17) is 4.52 Å². The largest absolute Gasteiger partial charge is 0.507 e. The zero-order chi connectivity index (χ0) is 23.2. The molecule has 0 bridgehead atoms. The van der Waals surface area contributed by atoms with Gasteiger partial charge in [-0.15, -0.1) is 0 Å². The normalized spacial score (nSPS) is 18.4. The maximum atomic E-state index is 14.9. The van der Waals surface area contributed by atoms with Crippen LogP contribution < -0.4 is 4.90 Å². The number of aliphatic hydroxyl groups excluding tert-OH is 1. The van der Waals surface area contributed by atoms with Crippen molar-refractivity contribution in [3.05, 3.63) is 87.3 Å². The van der Waals surface area contributed by atoms with Crippen molar-refractivity contribution >= 4 is 39.2 Å². The van der Waals surface area contributed by atoms with Crippen LogP contribution in [0.2, 0.25) is 0 Å². The van der Waals surface area contributed by atoms with Crippen LogP contribution in [-0.2, 0) is 15.0 Å². The van der Waals surface area contributed by atoms with Gasteiger partial charge in [0.05, 0.1) is 11.6 Å².